The molecule has 0 bridgehead atoms. The van der Waals surface area contributed by atoms with Crippen LogP contribution in [0.5, 0.6) is 11.5 Å². The number of aromatic hydroxyl groups is 2. The number of benzene rings is 1. The quantitative estimate of drug-likeness (QED) is 0.233. The normalized spacial score (nSPS) is 12.7. The van der Waals surface area contributed by atoms with Crippen molar-refractivity contribution in [1.29, 1.82) is 0 Å². The third-order valence-electron chi connectivity index (χ3n) is 5.80. The summed E-state index contributed by atoms with van der Waals surface area (Å²) in [5.41, 5.74) is 3.93. The smallest absolute Gasteiger partial charge is 0.295 e. The Kier molecular flexibility index (Phi) is 10.1. The van der Waals surface area contributed by atoms with Gasteiger partial charge in [0.2, 0.25) is 0 Å². The summed E-state index contributed by atoms with van der Waals surface area (Å²) in [7, 11) is 0. The summed E-state index contributed by atoms with van der Waals surface area (Å²) in [5, 5.41) is 25.3. The molecule has 30 heavy (non-hydrogen) atoms. The molecule has 3 N–H and O–H groups in total. The van der Waals surface area contributed by atoms with Crippen molar-refractivity contribution in [3.05, 3.63) is 22.8 Å². The Labute approximate surface area is 192 Å². The first-order valence-corrected chi connectivity index (χ1v) is 10.5. The van der Waals surface area contributed by atoms with Gasteiger partial charge in [-0.05, 0) is 37.2 Å². The first-order valence-electron chi connectivity index (χ1n) is 10.5. The van der Waals surface area contributed by atoms with Gasteiger partial charge in [-0.2, -0.15) is 5.10 Å². The molecule has 0 aromatic heterocycles. The summed E-state index contributed by atoms with van der Waals surface area (Å²) >= 11 is 0. The average Bonchev–Trinajstić information content (AvgIpc) is 2.61. The maximum atomic E-state index is 12.4. The number of phenols is 2. The summed E-state index contributed by atoms with van der Waals surface area (Å²) in [6.07, 6.45) is 1.43. The lowest BCUT2D eigenvalue weighted by Crippen LogP contribution is -3.00. The van der Waals surface area contributed by atoms with Crippen LogP contribution in [-0.2, 0) is 15.6 Å². The number of carbonyl (C=O) groups is 1. The summed E-state index contributed by atoms with van der Waals surface area (Å²) in [4.78, 5) is 12.4. The lowest BCUT2D eigenvalue weighted by Gasteiger charge is -2.34. The van der Waals surface area contributed by atoms with Crippen LogP contribution in [0.2, 0.25) is 0 Å². The van der Waals surface area contributed by atoms with Crippen LogP contribution in [0.1, 0.15) is 79.0 Å². The van der Waals surface area contributed by atoms with Gasteiger partial charge in [0.05, 0.1) is 25.8 Å². The molecule has 0 atom stereocenters. The summed E-state index contributed by atoms with van der Waals surface area (Å²) in [5.74, 6) is -0.516. The predicted molar refractivity (Wildman–Crippen MR) is 120 cm³/mol. The molecule has 0 aliphatic rings. The summed E-state index contributed by atoms with van der Waals surface area (Å²) in [6, 6.07) is 1.92. The lowest BCUT2D eigenvalue weighted by molar-refractivity contribution is -0.915. The van der Waals surface area contributed by atoms with Crippen molar-refractivity contribution in [3.8, 4) is 11.5 Å². The molecule has 1 aromatic carbocycles. The van der Waals surface area contributed by atoms with Gasteiger partial charge >= 0.3 is 0 Å². The van der Waals surface area contributed by atoms with E-state index in [0.717, 1.165) is 25.2 Å². The largest absolute Gasteiger partial charge is 1.00 e. The highest BCUT2D eigenvalue weighted by Gasteiger charge is 2.29. The SMILES string of the molecule is CC[N+](CC)(CC)CC(=O)NN=Cc1c(C(C)(C)C)cc(C(C)(C)C)c(O)c1O.[Br-]. The second-order valence-corrected chi connectivity index (χ2v) is 9.82. The molecule has 6 nitrogen and oxygen atoms in total. The molecule has 0 aliphatic carbocycles. The highest BCUT2D eigenvalue weighted by Crippen LogP contribution is 2.43. The third kappa shape index (κ3) is 6.71. The van der Waals surface area contributed by atoms with Crippen LogP contribution in [0.3, 0.4) is 0 Å². The van der Waals surface area contributed by atoms with E-state index in [2.05, 4.69) is 31.3 Å². The summed E-state index contributed by atoms with van der Waals surface area (Å²) in [6.45, 7) is 21.3. The van der Waals surface area contributed by atoms with Crippen molar-refractivity contribution in [2.24, 2.45) is 5.10 Å². The first kappa shape index (κ1) is 28.4. The van der Waals surface area contributed by atoms with Crippen LogP contribution < -0.4 is 22.4 Å². The molecule has 0 heterocycles. The minimum atomic E-state index is -0.326. The Balaban J connectivity index is 0.00000841. The van der Waals surface area contributed by atoms with Crippen LogP contribution in [0.15, 0.2) is 11.2 Å². The molecule has 0 radical (unpaired) electrons. The lowest BCUT2D eigenvalue weighted by atomic mass is 9.77. The van der Waals surface area contributed by atoms with E-state index < -0.39 is 0 Å². The predicted octanol–water partition coefficient (Wildman–Crippen LogP) is 1.02. The molecule has 0 saturated carbocycles. The number of rotatable bonds is 7. The van der Waals surface area contributed by atoms with Gasteiger partial charge in [0.25, 0.3) is 5.91 Å². The van der Waals surface area contributed by atoms with Gasteiger partial charge in [-0.1, -0.05) is 47.6 Å². The third-order valence-corrected chi connectivity index (χ3v) is 5.80. The number of halogens is 1. The molecule has 0 aliphatic heterocycles. The number of hydrazone groups is 1. The maximum absolute atomic E-state index is 12.4. The highest BCUT2D eigenvalue weighted by molar-refractivity contribution is 5.89. The molecule has 172 valence electrons. The molecule has 1 amide bonds. The zero-order valence-electron chi connectivity index (χ0n) is 20.1. The molecular formula is C23H40BrN3O3. The Morgan fingerprint density at radius 2 is 1.43 bits per heavy atom. The van der Waals surface area contributed by atoms with E-state index in [0.29, 0.717) is 22.2 Å². The fourth-order valence-corrected chi connectivity index (χ4v) is 3.51. The number of hydrogen-bond acceptors (Lipinski definition) is 4. The Morgan fingerprint density at radius 1 is 0.967 bits per heavy atom. The topological polar surface area (TPSA) is 81.9 Å². The molecule has 0 fully saturated rings. The number of nitrogens with zero attached hydrogens (tertiary/aromatic N) is 2. The standard InChI is InChI=1S/C23H39N3O3.BrH/c1-10-26(11-2,12-3)15-19(27)25-24-14-16-17(22(4,5)6)13-18(23(7,8)9)21(29)20(16)28;/h13-14H,10-12,15H2,1-9H3,(H2-,24,25,27,28,29);1H. The molecule has 0 unspecified atom stereocenters. The number of quaternary nitrogens is 1. The number of phenolic OH excluding ortho intramolecular Hbond substituents is 2. The van der Waals surface area contributed by atoms with Gasteiger partial charge in [-0.15, -0.1) is 0 Å². The summed E-state index contributed by atoms with van der Waals surface area (Å²) < 4.78 is 0.695. The average molecular weight is 486 g/mol. The minimum absolute atomic E-state index is 0. The molecule has 0 saturated heterocycles. The number of hydrogen-bond donors (Lipinski definition) is 3. The number of carbonyl (C=O) groups excluding carboxylic acids is 1. The Bertz CT molecular complexity index is 750. The van der Waals surface area contributed by atoms with Gasteiger partial charge < -0.3 is 31.7 Å². The van der Waals surface area contributed by atoms with Gasteiger partial charge in [-0.3, -0.25) is 4.79 Å². The van der Waals surface area contributed by atoms with Gasteiger partial charge in [-0.25, -0.2) is 5.43 Å². The van der Waals surface area contributed by atoms with Gasteiger partial charge in [0, 0.05) is 11.1 Å². The fourth-order valence-electron chi connectivity index (χ4n) is 3.51. The highest BCUT2D eigenvalue weighted by atomic mass is 79.9. The van der Waals surface area contributed by atoms with Crippen LogP contribution >= 0.6 is 0 Å². The van der Waals surface area contributed by atoms with Crippen LogP contribution in [0, 0.1) is 0 Å². The van der Waals surface area contributed by atoms with Crippen LogP contribution in [-0.4, -0.2) is 53.0 Å². The maximum Gasteiger partial charge on any atom is 0.295 e. The van der Waals surface area contributed by atoms with Crippen LogP contribution in [0.4, 0.5) is 0 Å². The van der Waals surface area contributed by atoms with Gasteiger partial charge in [0.1, 0.15) is 0 Å². The fraction of sp³-hybridized carbons (Fsp3) is 0.652. The number of nitrogens with one attached hydrogen (secondary N) is 1. The Morgan fingerprint density at radius 3 is 1.83 bits per heavy atom. The van der Waals surface area contributed by atoms with Crippen molar-refractivity contribution < 1.29 is 36.5 Å². The van der Waals surface area contributed by atoms with Crippen molar-refractivity contribution in [3.63, 3.8) is 0 Å². The molecular weight excluding hydrogens is 446 g/mol. The molecule has 1 aromatic rings. The Hall–Kier alpha value is -1.60. The second-order valence-electron chi connectivity index (χ2n) is 9.82. The van der Waals surface area contributed by atoms with E-state index in [-0.39, 0.29) is 45.2 Å². The minimum Gasteiger partial charge on any atom is -1.00 e. The number of amides is 1. The van der Waals surface area contributed by atoms with E-state index in [1.54, 1.807) is 0 Å². The van der Waals surface area contributed by atoms with Crippen molar-refractivity contribution in [2.45, 2.75) is 73.1 Å². The van der Waals surface area contributed by atoms with Crippen molar-refractivity contribution >= 4 is 12.1 Å². The van der Waals surface area contributed by atoms with E-state index in [9.17, 15) is 15.0 Å². The van der Waals surface area contributed by atoms with Crippen molar-refractivity contribution in [2.75, 3.05) is 26.2 Å². The molecule has 0 spiro atoms. The number of likely N-dealkylation sites (N-methyl/N-ethyl adjacent to an activating group) is 1. The van der Waals surface area contributed by atoms with Crippen molar-refractivity contribution in [1.82, 2.24) is 5.43 Å². The first-order chi connectivity index (χ1) is 13.2. The zero-order valence-corrected chi connectivity index (χ0v) is 21.6. The molecule has 1 rings (SSSR count). The van der Waals surface area contributed by atoms with E-state index in [4.69, 9.17) is 0 Å². The zero-order chi connectivity index (χ0) is 22.6. The monoisotopic (exact) mass is 485 g/mol. The van der Waals surface area contributed by atoms with Crippen LogP contribution in [0.25, 0.3) is 0 Å². The molecule has 7 heteroatoms. The van der Waals surface area contributed by atoms with E-state index in [1.165, 1.54) is 6.21 Å². The van der Waals surface area contributed by atoms with E-state index >= 15 is 0 Å². The van der Waals surface area contributed by atoms with E-state index in [1.807, 2.05) is 47.6 Å². The second kappa shape index (κ2) is 10.6. The van der Waals surface area contributed by atoms with Gasteiger partial charge in [0.15, 0.2) is 18.0 Å².